The Bertz CT molecular complexity index is 655. The molecule has 1 aromatic carbocycles. The van der Waals surface area contributed by atoms with Crippen molar-refractivity contribution in [2.75, 3.05) is 5.73 Å². The zero-order chi connectivity index (χ0) is 15.2. The van der Waals surface area contributed by atoms with Crippen LogP contribution in [0.5, 0.6) is 0 Å². The Labute approximate surface area is 131 Å². The van der Waals surface area contributed by atoms with Crippen molar-refractivity contribution in [1.29, 1.82) is 0 Å². The lowest BCUT2D eigenvalue weighted by Gasteiger charge is -2.26. The van der Waals surface area contributed by atoms with Gasteiger partial charge in [0.15, 0.2) is 0 Å². The van der Waals surface area contributed by atoms with Crippen LogP contribution in [0.4, 0.5) is 5.82 Å². The molecule has 3 rings (SSSR count). The predicted octanol–water partition coefficient (Wildman–Crippen LogP) is 4.62. The van der Waals surface area contributed by atoms with Gasteiger partial charge in [0, 0.05) is 23.6 Å². The minimum absolute atomic E-state index is 0.280. The molecular weight excluding hydrogens is 282 g/mol. The molecule has 0 aliphatic heterocycles. The van der Waals surface area contributed by atoms with Crippen LogP contribution in [-0.4, -0.2) is 9.78 Å². The van der Waals surface area contributed by atoms with Gasteiger partial charge in [-0.1, -0.05) is 44.0 Å². The van der Waals surface area contributed by atoms with E-state index in [2.05, 4.69) is 13.8 Å². The van der Waals surface area contributed by atoms with Gasteiger partial charge in [-0.3, -0.25) is 4.68 Å². The molecule has 1 unspecified atom stereocenters. The summed E-state index contributed by atoms with van der Waals surface area (Å²) in [7, 11) is 1.92. The van der Waals surface area contributed by atoms with Crippen LogP contribution in [0.25, 0.3) is 11.1 Å². The van der Waals surface area contributed by atoms with Crippen molar-refractivity contribution in [2.45, 2.75) is 39.0 Å². The Balaban J connectivity index is 2.14. The number of hydrogen-bond donors (Lipinski definition) is 1. The van der Waals surface area contributed by atoms with Crippen molar-refractivity contribution in [3.63, 3.8) is 0 Å². The van der Waals surface area contributed by atoms with Crippen molar-refractivity contribution in [2.24, 2.45) is 12.5 Å². The van der Waals surface area contributed by atoms with E-state index in [1.807, 2.05) is 31.3 Å². The van der Waals surface area contributed by atoms with E-state index >= 15 is 0 Å². The molecule has 1 aromatic heterocycles. The average molecular weight is 304 g/mol. The molecule has 21 heavy (non-hydrogen) atoms. The summed E-state index contributed by atoms with van der Waals surface area (Å²) in [5.41, 5.74) is 9.89. The fourth-order valence-corrected chi connectivity index (χ4v) is 3.67. The summed E-state index contributed by atoms with van der Waals surface area (Å²) >= 11 is 6.00. The average Bonchev–Trinajstić information content (AvgIpc) is 2.91. The lowest BCUT2D eigenvalue weighted by molar-refractivity contribution is 0.326. The van der Waals surface area contributed by atoms with Crippen LogP contribution in [0.2, 0.25) is 5.02 Å². The number of hydrogen-bond acceptors (Lipinski definition) is 2. The molecule has 0 amide bonds. The third-order valence-electron chi connectivity index (χ3n) is 4.84. The van der Waals surface area contributed by atoms with Gasteiger partial charge in [-0.15, -0.1) is 0 Å². The zero-order valence-electron chi connectivity index (χ0n) is 12.9. The Morgan fingerprint density at radius 2 is 1.95 bits per heavy atom. The number of nitrogen functional groups attached to an aromatic ring is 1. The monoisotopic (exact) mass is 303 g/mol. The molecule has 0 radical (unpaired) electrons. The second kappa shape index (κ2) is 5.06. The Kier molecular flexibility index (Phi) is 3.48. The molecule has 3 nitrogen and oxygen atoms in total. The second-order valence-electron chi connectivity index (χ2n) is 6.71. The van der Waals surface area contributed by atoms with Crippen molar-refractivity contribution in [1.82, 2.24) is 9.78 Å². The summed E-state index contributed by atoms with van der Waals surface area (Å²) in [5, 5.41) is 5.49. The summed E-state index contributed by atoms with van der Waals surface area (Å²) in [6, 6.07) is 7.88. The number of nitrogens with two attached hydrogens (primary N) is 1. The van der Waals surface area contributed by atoms with E-state index < -0.39 is 0 Å². The molecule has 1 aliphatic rings. The van der Waals surface area contributed by atoms with E-state index in [1.165, 1.54) is 19.3 Å². The first kappa shape index (κ1) is 14.5. The number of anilines is 1. The highest BCUT2D eigenvalue weighted by molar-refractivity contribution is 6.30. The molecule has 1 atom stereocenters. The Morgan fingerprint density at radius 3 is 2.52 bits per heavy atom. The van der Waals surface area contributed by atoms with E-state index in [0.29, 0.717) is 5.92 Å². The number of aryl methyl sites for hydroxylation is 1. The number of halogens is 1. The fraction of sp³-hybridized carbons (Fsp3) is 0.471. The van der Waals surface area contributed by atoms with Gasteiger partial charge >= 0.3 is 0 Å². The molecular formula is C17H22ClN3. The van der Waals surface area contributed by atoms with E-state index in [0.717, 1.165) is 27.7 Å². The van der Waals surface area contributed by atoms with Gasteiger partial charge in [0.25, 0.3) is 0 Å². The van der Waals surface area contributed by atoms with Crippen LogP contribution in [0.1, 0.15) is 44.7 Å². The third kappa shape index (κ3) is 2.44. The molecule has 4 heteroatoms. The SMILES string of the molecule is Cn1nc(C2CCCC2(C)C)c(-c2ccc(Cl)cc2)c1N. The standard InChI is InChI=1S/C17H22ClN3/c1-17(2)10-4-5-13(17)15-14(16(19)21(3)20-15)11-6-8-12(18)9-7-11/h6-9,13H,4-5,10,19H2,1-3H3. The molecule has 2 N–H and O–H groups in total. The number of aromatic nitrogens is 2. The highest BCUT2D eigenvalue weighted by Gasteiger charge is 2.39. The topological polar surface area (TPSA) is 43.8 Å². The maximum atomic E-state index is 6.30. The molecule has 1 heterocycles. The predicted molar refractivity (Wildman–Crippen MR) is 88.4 cm³/mol. The second-order valence-corrected chi connectivity index (χ2v) is 7.15. The molecule has 1 fully saturated rings. The first-order valence-corrected chi connectivity index (χ1v) is 7.86. The van der Waals surface area contributed by atoms with E-state index in [-0.39, 0.29) is 5.41 Å². The first-order valence-electron chi connectivity index (χ1n) is 7.48. The lowest BCUT2D eigenvalue weighted by Crippen LogP contribution is -2.16. The van der Waals surface area contributed by atoms with Crippen molar-refractivity contribution < 1.29 is 0 Å². The first-order chi connectivity index (χ1) is 9.90. The molecule has 1 saturated carbocycles. The van der Waals surface area contributed by atoms with Crippen LogP contribution >= 0.6 is 11.6 Å². The lowest BCUT2D eigenvalue weighted by atomic mass is 9.78. The third-order valence-corrected chi connectivity index (χ3v) is 5.09. The summed E-state index contributed by atoms with van der Waals surface area (Å²) in [6.45, 7) is 4.67. The fourth-order valence-electron chi connectivity index (χ4n) is 3.55. The van der Waals surface area contributed by atoms with Gasteiger partial charge in [0.1, 0.15) is 5.82 Å². The highest BCUT2D eigenvalue weighted by atomic mass is 35.5. The highest BCUT2D eigenvalue weighted by Crippen LogP contribution is 2.51. The van der Waals surface area contributed by atoms with Gasteiger partial charge in [-0.05, 0) is 36.0 Å². The van der Waals surface area contributed by atoms with Crippen molar-refractivity contribution >= 4 is 17.4 Å². The Hall–Kier alpha value is -1.48. The molecule has 0 spiro atoms. The smallest absolute Gasteiger partial charge is 0.129 e. The quantitative estimate of drug-likeness (QED) is 0.880. The zero-order valence-corrected chi connectivity index (χ0v) is 13.6. The van der Waals surface area contributed by atoms with Crippen LogP contribution in [0, 0.1) is 5.41 Å². The largest absolute Gasteiger partial charge is 0.383 e. The van der Waals surface area contributed by atoms with Gasteiger partial charge in [-0.25, -0.2) is 0 Å². The van der Waals surface area contributed by atoms with E-state index in [4.69, 9.17) is 22.4 Å². The molecule has 1 aliphatic carbocycles. The van der Waals surface area contributed by atoms with Crippen LogP contribution in [0.15, 0.2) is 24.3 Å². The number of nitrogens with zero attached hydrogens (tertiary/aromatic N) is 2. The molecule has 0 saturated heterocycles. The minimum atomic E-state index is 0.280. The van der Waals surface area contributed by atoms with Gasteiger partial charge in [0.2, 0.25) is 0 Å². The molecule has 2 aromatic rings. The van der Waals surface area contributed by atoms with Crippen molar-refractivity contribution in [3.8, 4) is 11.1 Å². The van der Waals surface area contributed by atoms with Gasteiger partial charge in [0.05, 0.1) is 5.69 Å². The molecule has 112 valence electrons. The minimum Gasteiger partial charge on any atom is -0.383 e. The van der Waals surface area contributed by atoms with Crippen LogP contribution in [-0.2, 0) is 7.05 Å². The van der Waals surface area contributed by atoms with Crippen LogP contribution in [0.3, 0.4) is 0 Å². The van der Waals surface area contributed by atoms with E-state index in [9.17, 15) is 0 Å². The maximum absolute atomic E-state index is 6.30. The van der Waals surface area contributed by atoms with Crippen LogP contribution < -0.4 is 5.73 Å². The summed E-state index contributed by atoms with van der Waals surface area (Å²) < 4.78 is 1.80. The van der Waals surface area contributed by atoms with E-state index in [1.54, 1.807) is 4.68 Å². The summed E-state index contributed by atoms with van der Waals surface area (Å²) in [4.78, 5) is 0. The summed E-state index contributed by atoms with van der Waals surface area (Å²) in [5.74, 6) is 1.20. The van der Waals surface area contributed by atoms with Gasteiger partial charge in [-0.2, -0.15) is 5.10 Å². The molecule has 0 bridgehead atoms. The maximum Gasteiger partial charge on any atom is 0.129 e. The summed E-state index contributed by atoms with van der Waals surface area (Å²) in [6.07, 6.45) is 3.69. The number of rotatable bonds is 2. The Morgan fingerprint density at radius 1 is 1.29 bits per heavy atom. The normalized spacial score (nSPS) is 20.9. The van der Waals surface area contributed by atoms with Crippen molar-refractivity contribution in [3.05, 3.63) is 35.0 Å². The number of benzene rings is 1. The van der Waals surface area contributed by atoms with Gasteiger partial charge < -0.3 is 5.73 Å².